The van der Waals surface area contributed by atoms with Crippen LogP contribution in [0.1, 0.15) is 6.92 Å². The van der Waals surface area contributed by atoms with E-state index < -0.39 is 4.99 Å². The molecule has 2 aliphatic rings. The Morgan fingerprint density at radius 2 is 2.00 bits per heavy atom. The maximum Gasteiger partial charge on any atom is 0.203 e. The number of rotatable bonds is 4. The molecule has 0 bridgehead atoms. The predicted molar refractivity (Wildman–Crippen MR) is 71.9 cm³/mol. The van der Waals surface area contributed by atoms with E-state index in [4.69, 9.17) is 0 Å². The van der Waals surface area contributed by atoms with E-state index >= 15 is 0 Å². The average molecular weight is 267 g/mol. The van der Waals surface area contributed by atoms with E-state index in [0.29, 0.717) is 10.6 Å². The summed E-state index contributed by atoms with van der Waals surface area (Å²) in [7, 11) is 4.00. The third kappa shape index (κ3) is 2.66. The minimum absolute atomic E-state index is 0.0970. The zero-order valence-corrected chi connectivity index (χ0v) is 11.6. The van der Waals surface area contributed by atoms with Crippen LogP contribution in [0, 0.1) is 0 Å². The normalized spacial score (nSPS) is 26.9. The Balaban J connectivity index is 2.01. The van der Waals surface area contributed by atoms with Crippen LogP contribution in [0.3, 0.4) is 0 Å². The van der Waals surface area contributed by atoms with Gasteiger partial charge in [-0.2, -0.15) is 0 Å². The van der Waals surface area contributed by atoms with E-state index in [1.807, 2.05) is 21.0 Å². The number of likely N-dealkylation sites (N-methyl/N-ethyl adjacent to an activating group) is 1. The van der Waals surface area contributed by atoms with Crippen LogP contribution in [-0.2, 0) is 9.59 Å². The number of hydrogen-bond acceptors (Lipinski definition) is 6. The number of allylic oxidation sites excluding steroid dienone is 3. The molecular formula is C12H17N3O2S. The van der Waals surface area contributed by atoms with Crippen LogP contribution < -0.4 is 10.6 Å². The van der Waals surface area contributed by atoms with Crippen LogP contribution in [0.15, 0.2) is 22.8 Å². The minimum Gasteiger partial charge on any atom is -0.355 e. The van der Waals surface area contributed by atoms with Crippen molar-refractivity contribution in [2.24, 2.45) is 0 Å². The zero-order chi connectivity index (χ0) is 13.3. The van der Waals surface area contributed by atoms with Gasteiger partial charge in [-0.3, -0.25) is 14.9 Å². The number of ketones is 2. The second-order valence-electron chi connectivity index (χ2n) is 4.76. The second kappa shape index (κ2) is 4.87. The number of thioether (sulfide) groups is 1. The van der Waals surface area contributed by atoms with E-state index in [2.05, 4.69) is 15.5 Å². The molecule has 0 unspecified atom stereocenters. The van der Waals surface area contributed by atoms with Crippen molar-refractivity contribution in [2.75, 3.05) is 27.2 Å². The second-order valence-corrected chi connectivity index (χ2v) is 6.19. The number of hydrogen-bond donors (Lipinski definition) is 2. The van der Waals surface area contributed by atoms with Crippen LogP contribution in [0.4, 0.5) is 0 Å². The first-order valence-electron chi connectivity index (χ1n) is 5.79. The van der Waals surface area contributed by atoms with E-state index in [0.717, 1.165) is 13.1 Å². The number of carbonyl (C=O) groups excluding carboxylic acids is 2. The number of nitrogens with one attached hydrogen (secondary N) is 2. The van der Waals surface area contributed by atoms with Crippen molar-refractivity contribution >= 4 is 23.3 Å². The third-order valence-electron chi connectivity index (χ3n) is 2.77. The zero-order valence-electron chi connectivity index (χ0n) is 10.7. The lowest BCUT2D eigenvalue weighted by Crippen LogP contribution is -2.50. The summed E-state index contributed by atoms with van der Waals surface area (Å²) >= 11 is 1.38. The molecular weight excluding hydrogens is 250 g/mol. The SMILES string of the molecule is CN(C)CCN[C@@]1(C)NC2=C(S1)C(=O)C=CC2=O. The van der Waals surface area contributed by atoms with Crippen molar-refractivity contribution in [1.29, 1.82) is 0 Å². The first-order valence-corrected chi connectivity index (χ1v) is 6.61. The molecule has 0 amide bonds. The van der Waals surface area contributed by atoms with Gasteiger partial charge in [0, 0.05) is 13.1 Å². The first-order chi connectivity index (χ1) is 8.41. The molecule has 6 heteroatoms. The van der Waals surface area contributed by atoms with E-state index in [1.54, 1.807) is 0 Å². The lowest BCUT2D eigenvalue weighted by Gasteiger charge is -2.27. The van der Waals surface area contributed by atoms with Gasteiger partial charge in [0.1, 0.15) is 10.7 Å². The van der Waals surface area contributed by atoms with Crippen LogP contribution in [0.25, 0.3) is 0 Å². The highest BCUT2D eigenvalue weighted by atomic mass is 32.2. The molecule has 2 N–H and O–H groups in total. The highest BCUT2D eigenvalue weighted by molar-refractivity contribution is 8.05. The molecule has 0 saturated heterocycles. The fourth-order valence-corrected chi connectivity index (χ4v) is 2.99. The summed E-state index contributed by atoms with van der Waals surface area (Å²) < 4.78 is 0. The summed E-state index contributed by atoms with van der Waals surface area (Å²) in [5.74, 6) is -0.226. The average Bonchev–Trinajstić information content (AvgIpc) is 2.63. The molecule has 98 valence electrons. The molecule has 0 aromatic heterocycles. The van der Waals surface area contributed by atoms with E-state index in [-0.39, 0.29) is 11.6 Å². The van der Waals surface area contributed by atoms with Gasteiger partial charge in [0.15, 0.2) is 5.78 Å². The lowest BCUT2D eigenvalue weighted by molar-refractivity contribution is -0.115. The molecule has 0 aromatic carbocycles. The van der Waals surface area contributed by atoms with Gasteiger partial charge in [-0.15, -0.1) is 0 Å². The number of nitrogens with zero attached hydrogens (tertiary/aromatic N) is 1. The topological polar surface area (TPSA) is 61.4 Å². The Hall–Kier alpha value is -1.11. The minimum atomic E-state index is -0.488. The molecule has 2 rings (SSSR count). The number of carbonyl (C=O) groups is 2. The molecule has 0 radical (unpaired) electrons. The predicted octanol–water partition coefficient (Wildman–Crippen LogP) is 0.0673. The largest absolute Gasteiger partial charge is 0.355 e. The van der Waals surface area contributed by atoms with E-state index in [9.17, 15) is 9.59 Å². The Kier molecular flexibility index (Phi) is 3.61. The van der Waals surface area contributed by atoms with Gasteiger partial charge in [0.25, 0.3) is 0 Å². The van der Waals surface area contributed by atoms with E-state index in [1.165, 1.54) is 23.9 Å². The summed E-state index contributed by atoms with van der Waals surface area (Å²) in [5, 5.41) is 6.44. The van der Waals surface area contributed by atoms with Gasteiger partial charge in [0.05, 0.1) is 4.91 Å². The monoisotopic (exact) mass is 267 g/mol. The highest BCUT2D eigenvalue weighted by Gasteiger charge is 2.40. The molecule has 1 aliphatic heterocycles. The van der Waals surface area contributed by atoms with Gasteiger partial charge < -0.3 is 10.2 Å². The van der Waals surface area contributed by atoms with Crippen LogP contribution in [0.2, 0.25) is 0 Å². The fraction of sp³-hybridized carbons (Fsp3) is 0.500. The third-order valence-corrected chi connectivity index (χ3v) is 4.04. The van der Waals surface area contributed by atoms with Crippen LogP contribution >= 0.6 is 11.8 Å². The Morgan fingerprint density at radius 1 is 1.33 bits per heavy atom. The molecule has 0 spiro atoms. The van der Waals surface area contributed by atoms with Gasteiger partial charge >= 0.3 is 0 Å². The molecule has 1 heterocycles. The lowest BCUT2D eigenvalue weighted by atomic mass is 10.1. The standard InChI is InChI=1S/C12H17N3O2S/c1-12(13-6-7-15(2)3)14-10-8(16)4-5-9(17)11(10)18-12/h4-5,13-14H,6-7H2,1-3H3/t12-/m0/s1. The van der Waals surface area contributed by atoms with Crippen molar-refractivity contribution in [3.8, 4) is 0 Å². The van der Waals surface area contributed by atoms with Crippen molar-refractivity contribution in [3.63, 3.8) is 0 Å². The molecule has 18 heavy (non-hydrogen) atoms. The summed E-state index contributed by atoms with van der Waals surface area (Å²) in [5.41, 5.74) is 0.423. The van der Waals surface area contributed by atoms with Crippen molar-refractivity contribution in [3.05, 3.63) is 22.8 Å². The van der Waals surface area contributed by atoms with Gasteiger partial charge in [0.2, 0.25) is 5.78 Å². The quantitative estimate of drug-likeness (QED) is 0.703. The molecule has 1 atom stereocenters. The fourth-order valence-electron chi connectivity index (χ4n) is 1.83. The summed E-state index contributed by atoms with van der Waals surface area (Å²) in [6.07, 6.45) is 2.65. The van der Waals surface area contributed by atoms with Gasteiger partial charge in [-0.1, -0.05) is 11.8 Å². The summed E-state index contributed by atoms with van der Waals surface area (Å²) in [6, 6.07) is 0. The first kappa shape index (κ1) is 13.3. The van der Waals surface area contributed by atoms with Crippen molar-refractivity contribution in [2.45, 2.75) is 11.9 Å². The molecule has 5 nitrogen and oxygen atoms in total. The Bertz CT molecular complexity index is 424. The molecule has 0 fully saturated rings. The summed E-state index contributed by atoms with van der Waals surface area (Å²) in [6.45, 7) is 3.61. The van der Waals surface area contributed by atoms with Gasteiger partial charge in [-0.25, -0.2) is 0 Å². The smallest absolute Gasteiger partial charge is 0.203 e. The molecule has 0 aromatic rings. The van der Waals surface area contributed by atoms with Crippen molar-refractivity contribution < 1.29 is 9.59 Å². The maximum absolute atomic E-state index is 11.7. The Labute approximate surface area is 111 Å². The van der Waals surface area contributed by atoms with Crippen LogP contribution in [0.5, 0.6) is 0 Å². The van der Waals surface area contributed by atoms with Crippen LogP contribution in [-0.4, -0.2) is 48.6 Å². The van der Waals surface area contributed by atoms with Gasteiger partial charge in [-0.05, 0) is 33.2 Å². The van der Waals surface area contributed by atoms with Crippen molar-refractivity contribution in [1.82, 2.24) is 15.5 Å². The molecule has 0 saturated carbocycles. The Morgan fingerprint density at radius 3 is 2.61 bits per heavy atom. The maximum atomic E-state index is 11.7. The molecule has 1 aliphatic carbocycles. The highest BCUT2D eigenvalue weighted by Crippen LogP contribution is 2.39. The summed E-state index contributed by atoms with van der Waals surface area (Å²) in [4.78, 5) is 25.5.